The molecule has 29 heavy (non-hydrogen) atoms. The van der Waals surface area contributed by atoms with Crippen LogP contribution in [0.2, 0.25) is 0 Å². The number of carbonyl (C=O) groups is 1. The molecule has 1 amide bonds. The maximum absolute atomic E-state index is 13.3. The van der Waals surface area contributed by atoms with Crippen molar-refractivity contribution >= 4 is 27.4 Å². The summed E-state index contributed by atoms with van der Waals surface area (Å²) in [6.45, 7) is 5.08. The molecule has 9 heteroatoms. The molecule has 0 unspecified atom stereocenters. The summed E-state index contributed by atoms with van der Waals surface area (Å²) in [5.74, 6) is 0.326. The minimum Gasteiger partial charge on any atom is -0.353 e. The summed E-state index contributed by atoms with van der Waals surface area (Å²) < 4.78 is 26.4. The van der Waals surface area contributed by atoms with Crippen molar-refractivity contribution in [3.05, 3.63) is 53.7 Å². The van der Waals surface area contributed by atoms with E-state index in [9.17, 15) is 13.2 Å². The van der Waals surface area contributed by atoms with Gasteiger partial charge in [0.05, 0.1) is 23.2 Å². The highest BCUT2D eigenvalue weighted by molar-refractivity contribution is 7.92. The number of carbonyl (C=O) groups excluding carboxylic acids is 1. The molecular formula is C20H27N5O3S. The van der Waals surface area contributed by atoms with Crippen molar-refractivity contribution in [1.82, 2.24) is 15.2 Å². The molecular weight excluding hydrogens is 390 g/mol. The number of hydrogen-bond acceptors (Lipinski definition) is 6. The Bertz CT molecular complexity index is 944. The average molecular weight is 418 g/mol. The fourth-order valence-corrected chi connectivity index (χ4v) is 3.80. The van der Waals surface area contributed by atoms with Crippen LogP contribution in [0.1, 0.15) is 22.8 Å². The van der Waals surface area contributed by atoms with E-state index in [0.29, 0.717) is 23.6 Å². The van der Waals surface area contributed by atoms with Crippen LogP contribution in [0.5, 0.6) is 0 Å². The lowest BCUT2D eigenvalue weighted by Crippen LogP contribution is -2.44. The Morgan fingerprint density at radius 1 is 1.24 bits per heavy atom. The van der Waals surface area contributed by atoms with Crippen LogP contribution in [-0.2, 0) is 16.6 Å². The highest BCUT2D eigenvalue weighted by atomic mass is 32.2. The quantitative estimate of drug-likeness (QED) is 0.709. The predicted molar refractivity (Wildman–Crippen MR) is 115 cm³/mol. The lowest BCUT2D eigenvalue weighted by Gasteiger charge is -2.30. The van der Waals surface area contributed by atoms with Crippen LogP contribution in [0.25, 0.3) is 0 Å². The minimum atomic E-state index is -3.46. The maximum atomic E-state index is 13.3. The van der Waals surface area contributed by atoms with Crippen molar-refractivity contribution in [1.29, 1.82) is 0 Å². The number of rotatable bonds is 7. The number of nitrogens with one attached hydrogen (secondary N) is 2. The van der Waals surface area contributed by atoms with E-state index < -0.39 is 10.0 Å². The van der Waals surface area contributed by atoms with Crippen molar-refractivity contribution in [3.63, 3.8) is 0 Å². The van der Waals surface area contributed by atoms with Crippen molar-refractivity contribution < 1.29 is 13.2 Å². The summed E-state index contributed by atoms with van der Waals surface area (Å²) in [5, 5.41) is 3.28. The van der Waals surface area contributed by atoms with Gasteiger partial charge in [-0.1, -0.05) is 30.3 Å². The van der Waals surface area contributed by atoms with Crippen LogP contribution in [0.4, 0.5) is 11.5 Å². The molecule has 2 N–H and O–H groups in total. The Balaban J connectivity index is 1.92. The van der Waals surface area contributed by atoms with Gasteiger partial charge in [0.2, 0.25) is 10.0 Å². The van der Waals surface area contributed by atoms with Crippen LogP contribution < -0.4 is 14.9 Å². The number of piperazine rings is 1. The van der Waals surface area contributed by atoms with Gasteiger partial charge in [-0.05, 0) is 18.6 Å². The molecule has 0 saturated carbocycles. The first-order valence-electron chi connectivity index (χ1n) is 9.65. The maximum Gasteiger partial charge on any atom is 0.257 e. The van der Waals surface area contributed by atoms with Crippen molar-refractivity contribution in [2.45, 2.75) is 13.5 Å². The van der Waals surface area contributed by atoms with Crippen LogP contribution in [0, 0.1) is 0 Å². The van der Waals surface area contributed by atoms with Gasteiger partial charge in [-0.2, -0.15) is 0 Å². The normalized spacial score (nSPS) is 14.5. The second-order valence-corrected chi connectivity index (χ2v) is 9.00. The molecule has 2 heterocycles. The van der Waals surface area contributed by atoms with Gasteiger partial charge in [0.1, 0.15) is 5.82 Å². The average Bonchev–Trinajstić information content (AvgIpc) is 2.74. The molecule has 1 aromatic carbocycles. The highest BCUT2D eigenvalue weighted by Crippen LogP contribution is 2.24. The molecule has 0 bridgehead atoms. The summed E-state index contributed by atoms with van der Waals surface area (Å²) in [7, 11) is -1.72. The topological polar surface area (TPSA) is 94.6 Å². The van der Waals surface area contributed by atoms with Crippen LogP contribution in [0.15, 0.2) is 42.6 Å². The molecule has 0 spiro atoms. The molecule has 0 aliphatic carbocycles. The molecule has 2 aromatic rings. The molecule has 1 saturated heterocycles. The van der Waals surface area contributed by atoms with Gasteiger partial charge in [-0.15, -0.1) is 0 Å². The first-order chi connectivity index (χ1) is 13.9. The molecule has 1 aromatic heterocycles. The van der Waals surface area contributed by atoms with Gasteiger partial charge in [0.25, 0.3) is 5.91 Å². The van der Waals surface area contributed by atoms with Crippen LogP contribution in [-0.4, -0.2) is 63.2 Å². The summed E-state index contributed by atoms with van der Waals surface area (Å²) in [6.07, 6.45) is 1.47. The third-order valence-corrected chi connectivity index (χ3v) is 6.08. The standard InChI is InChI=1S/C20H27N5O3S/c1-3-29(27,28)23-17-13-18(19(22-14-17)25-11-9-21-10-12-25)20(26)24(2)15-16-7-5-4-6-8-16/h4-8,13-14,21,23H,3,9-12,15H2,1-2H3. The SMILES string of the molecule is CCS(=O)(=O)Nc1cnc(N2CCNCC2)c(C(=O)N(C)Cc2ccccc2)c1. The van der Waals surface area contributed by atoms with E-state index in [0.717, 1.165) is 31.7 Å². The summed E-state index contributed by atoms with van der Waals surface area (Å²) >= 11 is 0. The lowest BCUT2D eigenvalue weighted by atomic mass is 10.1. The zero-order valence-electron chi connectivity index (χ0n) is 16.8. The lowest BCUT2D eigenvalue weighted by molar-refractivity contribution is 0.0785. The monoisotopic (exact) mass is 417 g/mol. The number of amides is 1. The number of aromatic nitrogens is 1. The zero-order chi connectivity index (χ0) is 20.9. The molecule has 1 fully saturated rings. The van der Waals surface area contributed by atoms with E-state index in [1.165, 1.54) is 6.20 Å². The Morgan fingerprint density at radius 3 is 2.59 bits per heavy atom. The molecule has 3 rings (SSSR count). The fraction of sp³-hybridized carbons (Fsp3) is 0.400. The number of hydrogen-bond donors (Lipinski definition) is 2. The van der Waals surface area contributed by atoms with Crippen molar-refractivity contribution in [2.75, 3.05) is 48.6 Å². The third-order valence-electron chi connectivity index (χ3n) is 4.78. The largest absolute Gasteiger partial charge is 0.353 e. The zero-order valence-corrected chi connectivity index (χ0v) is 17.6. The van der Waals surface area contributed by atoms with Crippen molar-refractivity contribution in [2.24, 2.45) is 0 Å². The second-order valence-electron chi connectivity index (χ2n) is 6.98. The Morgan fingerprint density at radius 2 is 1.93 bits per heavy atom. The molecule has 0 atom stereocenters. The molecule has 1 aliphatic rings. The van der Waals surface area contributed by atoms with Gasteiger partial charge in [0.15, 0.2) is 0 Å². The second kappa shape index (κ2) is 9.23. The van der Waals surface area contributed by atoms with E-state index in [-0.39, 0.29) is 11.7 Å². The molecule has 8 nitrogen and oxygen atoms in total. The minimum absolute atomic E-state index is 0.0518. The number of anilines is 2. The summed E-state index contributed by atoms with van der Waals surface area (Å²) in [5.41, 5.74) is 1.70. The van der Waals surface area contributed by atoms with Gasteiger partial charge in [-0.3, -0.25) is 9.52 Å². The molecule has 1 aliphatic heterocycles. The van der Waals surface area contributed by atoms with Crippen molar-refractivity contribution in [3.8, 4) is 0 Å². The van der Waals surface area contributed by atoms with E-state index >= 15 is 0 Å². The van der Waals surface area contributed by atoms with E-state index in [1.54, 1.807) is 24.9 Å². The smallest absolute Gasteiger partial charge is 0.257 e. The molecule has 156 valence electrons. The van der Waals surface area contributed by atoms with Crippen LogP contribution >= 0.6 is 0 Å². The Hall–Kier alpha value is -2.65. The number of benzene rings is 1. The van der Waals surface area contributed by atoms with Gasteiger partial charge < -0.3 is 15.1 Å². The van der Waals surface area contributed by atoms with Gasteiger partial charge >= 0.3 is 0 Å². The van der Waals surface area contributed by atoms with E-state index in [1.807, 2.05) is 30.3 Å². The molecule has 0 radical (unpaired) electrons. The number of pyridine rings is 1. The Labute approximate surface area is 172 Å². The highest BCUT2D eigenvalue weighted by Gasteiger charge is 2.23. The predicted octanol–water partition coefficient (Wildman–Crippen LogP) is 1.53. The van der Waals surface area contributed by atoms with Gasteiger partial charge in [-0.25, -0.2) is 13.4 Å². The number of nitrogens with zero attached hydrogens (tertiary/aromatic N) is 3. The van der Waals surface area contributed by atoms with E-state index in [2.05, 4.69) is 19.9 Å². The number of sulfonamides is 1. The summed E-state index contributed by atoms with van der Waals surface area (Å²) in [6, 6.07) is 11.3. The van der Waals surface area contributed by atoms with Gasteiger partial charge in [0, 0.05) is 39.8 Å². The summed E-state index contributed by atoms with van der Waals surface area (Å²) in [4.78, 5) is 21.4. The Kier molecular flexibility index (Phi) is 6.71. The van der Waals surface area contributed by atoms with E-state index in [4.69, 9.17) is 0 Å². The first-order valence-corrected chi connectivity index (χ1v) is 11.3. The fourth-order valence-electron chi connectivity index (χ4n) is 3.19. The van der Waals surface area contributed by atoms with Crippen LogP contribution in [0.3, 0.4) is 0 Å². The first kappa shape index (κ1) is 21.1. The third kappa shape index (κ3) is 5.45.